The van der Waals surface area contributed by atoms with E-state index in [4.69, 9.17) is 11.6 Å². The Bertz CT molecular complexity index is 432. The van der Waals surface area contributed by atoms with Crippen molar-refractivity contribution in [3.8, 4) is 0 Å². The van der Waals surface area contributed by atoms with Crippen molar-refractivity contribution >= 4 is 29.1 Å². The van der Waals surface area contributed by atoms with Gasteiger partial charge < -0.3 is 0 Å². The number of Topliss-reactive ketones (excluding diaryl/α,β-unsaturated/α-hetero) is 1. The van der Waals surface area contributed by atoms with Crippen molar-refractivity contribution in [1.82, 2.24) is 0 Å². The van der Waals surface area contributed by atoms with E-state index in [0.717, 1.165) is 0 Å². The zero-order valence-corrected chi connectivity index (χ0v) is 11.3. The molecule has 0 amide bonds. The van der Waals surface area contributed by atoms with E-state index in [9.17, 15) is 18.0 Å². The van der Waals surface area contributed by atoms with Crippen LogP contribution in [0.15, 0.2) is 23.1 Å². The SMILES string of the molecule is CCc1ccc(CC(=O)CCl)cc1SC(F)(F)F. The molecule has 0 unspecified atom stereocenters. The summed E-state index contributed by atoms with van der Waals surface area (Å²) < 4.78 is 37.2. The third-order valence-corrected chi connectivity index (χ3v) is 3.42. The van der Waals surface area contributed by atoms with Gasteiger partial charge in [0, 0.05) is 11.3 Å². The van der Waals surface area contributed by atoms with E-state index >= 15 is 0 Å². The molecule has 0 aromatic heterocycles. The topological polar surface area (TPSA) is 17.1 Å². The second kappa shape index (κ2) is 6.48. The van der Waals surface area contributed by atoms with E-state index in [1.807, 2.05) is 0 Å². The molecule has 0 aliphatic heterocycles. The molecule has 1 rings (SSSR count). The van der Waals surface area contributed by atoms with Gasteiger partial charge in [-0.15, -0.1) is 11.6 Å². The molecule has 0 atom stereocenters. The van der Waals surface area contributed by atoms with Crippen molar-refractivity contribution in [3.63, 3.8) is 0 Å². The summed E-state index contributed by atoms with van der Waals surface area (Å²) in [6.07, 6.45) is 0.584. The molecule has 0 heterocycles. The first-order valence-electron chi connectivity index (χ1n) is 5.31. The van der Waals surface area contributed by atoms with Gasteiger partial charge in [-0.3, -0.25) is 4.79 Å². The number of hydrogen-bond acceptors (Lipinski definition) is 2. The molecule has 0 spiro atoms. The van der Waals surface area contributed by atoms with Crippen LogP contribution in [0.4, 0.5) is 13.2 Å². The van der Waals surface area contributed by atoms with Gasteiger partial charge in [0.25, 0.3) is 0 Å². The molecule has 0 aliphatic rings. The van der Waals surface area contributed by atoms with Gasteiger partial charge in [0.2, 0.25) is 0 Å². The summed E-state index contributed by atoms with van der Waals surface area (Å²) in [5.41, 5.74) is -3.14. The number of alkyl halides is 4. The minimum absolute atomic E-state index is 0.0684. The van der Waals surface area contributed by atoms with Crippen molar-refractivity contribution in [1.29, 1.82) is 0 Å². The highest BCUT2D eigenvalue weighted by molar-refractivity contribution is 8.00. The highest BCUT2D eigenvalue weighted by Crippen LogP contribution is 2.39. The fourth-order valence-corrected chi connectivity index (χ4v) is 2.39. The van der Waals surface area contributed by atoms with E-state index in [0.29, 0.717) is 17.5 Å². The van der Waals surface area contributed by atoms with Gasteiger partial charge in [0.05, 0.1) is 5.88 Å². The van der Waals surface area contributed by atoms with Crippen LogP contribution in [0.3, 0.4) is 0 Å². The van der Waals surface area contributed by atoms with Crippen LogP contribution in [0, 0.1) is 0 Å². The lowest BCUT2D eigenvalue weighted by Crippen LogP contribution is -2.05. The number of ketones is 1. The molecule has 0 radical (unpaired) electrons. The zero-order chi connectivity index (χ0) is 13.8. The summed E-state index contributed by atoms with van der Waals surface area (Å²) in [6.45, 7) is 1.79. The minimum atomic E-state index is -4.32. The molecule has 100 valence electrons. The van der Waals surface area contributed by atoms with Gasteiger partial charge in [-0.2, -0.15) is 13.2 Å². The largest absolute Gasteiger partial charge is 0.446 e. The standard InChI is InChI=1S/C12H12ClF3OS/c1-2-9-4-3-8(5-10(17)7-13)6-11(9)18-12(14,15)16/h3-4,6H,2,5,7H2,1H3. The molecule has 0 saturated heterocycles. The molecule has 18 heavy (non-hydrogen) atoms. The van der Waals surface area contributed by atoms with Crippen LogP contribution in [0.25, 0.3) is 0 Å². The van der Waals surface area contributed by atoms with Gasteiger partial charge in [-0.1, -0.05) is 19.1 Å². The van der Waals surface area contributed by atoms with Crippen LogP contribution in [-0.4, -0.2) is 17.2 Å². The summed E-state index contributed by atoms with van der Waals surface area (Å²) in [6, 6.07) is 4.72. The summed E-state index contributed by atoms with van der Waals surface area (Å²) in [5, 5.41) is 0. The van der Waals surface area contributed by atoms with Crippen LogP contribution >= 0.6 is 23.4 Å². The third kappa shape index (κ3) is 4.90. The Hall–Kier alpha value is -0.680. The molecule has 1 aromatic rings. The predicted molar refractivity (Wildman–Crippen MR) is 67.2 cm³/mol. The molecule has 0 aliphatic carbocycles. The summed E-state index contributed by atoms with van der Waals surface area (Å²) >= 11 is 5.23. The van der Waals surface area contributed by atoms with Crippen molar-refractivity contribution in [2.75, 3.05) is 5.88 Å². The number of carbonyl (C=O) groups excluding carboxylic acids is 1. The smallest absolute Gasteiger partial charge is 0.298 e. The molecule has 0 bridgehead atoms. The Morgan fingerprint density at radius 3 is 2.56 bits per heavy atom. The van der Waals surface area contributed by atoms with E-state index < -0.39 is 5.51 Å². The van der Waals surface area contributed by atoms with Gasteiger partial charge in [0.15, 0.2) is 5.78 Å². The first-order valence-corrected chi connectivity index (χ1v) is 6.66. The number of halogens is 4. The number of benzene rings is 1. The summed E-state index contributed by atoms with van der Waals surface area (Å²) in [7, 11) is 0. The van der Waals surface area contributed by atoms with Crippen LogP contribution in [0.5, 0.6) is 0 Å². The maximum atomic E-state index is 12.4. The second-order valence-electron chi connectivity index (χ2n) is 3.69. The van der Waals surface area contributed by atoms with Gasteiger partial charge in [-0.25, -0.2) is 0 Å². The number of carbonyl (C=O) groups is 1. The van der Waals surface area contributed by atoms with E-state index in [1.165, 1.54) is 6.07 Å². The van der Waals surface area contributed by atoms with Crippen LogP contribution < -0.4 is 0 Å². The average Bonchev–Trinajstić information content (AvgIpc) is 2.27. The Balaban J connectivity index is 2.98. The fraction of sp³-hybridized carbons (Fsp3) is 0.417. The van der Waals surface area contributed by atoms with E-state index in [1.54, 1.807) is 19.1 Å². The first-order chi connectivity index (χ1) is 8.35. The molecule has 6 heteroatoms. The molecule has 1 aromatic carbocycles. The lowest BCUT2D eigenvalue weighted by Gasteiger charge is -2.11. The molecule has 0 saturated carbocycles. The average molecular weight is 297 g/mol. The normalized spacial score (nSPS) is 11.6. The first kappa shape index (κ1) is 15.4. The lowest BCUT2D eigenvalue weighted by atomic mass is 10.1. The third-order valence-electron chi connectivity index (χ3n) is 2.29. The molecular formula is C12H12ClF3OS. The van der Waals surface area contributed by atoms with Crippen molar-refractivity contribution in [2.24, 2.45) is 0 Å². The zero-order valence-electron chi connectivity index (χ0n) is 9.68. The summed E-state index contributed by atoms with van der Waals surface area (Å²) in [5.74, 6) is -0.332. The van der Waals surface area contributed by atoms with Gasteiger partial charge >= 0.3 is 5.51 Å². The quantitative estimate of drug-likeness (QED) is 0.598. The second-order valence-corrected chi connectivity index (χ2v) is 5.07. The highest BCUT2D eigenvalue weighted by atomic mass is 35.5. The number of hydrogen-bond donors (Lipinski definition) is 0. The fourth-order valence-electron chi connectivity index (χ4n) is 1.50. The van der Waals surface area contributed by atoms with Gasteiger partial charge in [0.1, 0.15) is 0 Å². The van der Waals surface area contributed by atoms with Gasteiger partial charge in [-0.05, 0) is 35.4 Å². The number of rotatable bonds is 5. The Morgan fingerprint density at radius 1 is 1.39 bits per heavy atom. The minimum Gasteiger partial charge on any atom is -0.298 e. The number of aryl methyl sites for hydroxylation is 1. The summed E-state index contributed by atoms with van der Waals surface area (Å²) in [4.78, 5) is 11.3. The Labute approximate surface area is 113 Å². The Morgan fingerprint density at radius 2 is 2.06 bits per heavy atom. The Kier molecular flexibility index (Phi) is 5.53. The lowest BCUT2D eigenvalue weighted by molar-refractivity contribution is -0.116. The van der Waals surface area contributed by atoms with Crippen molar-refractivity contribution < 1.29 is 18.0 Å². The van der Waals surface area contributed by atoms with E-state index in [2.05, 4.69) is 0 Å². The monoisotopic (exact) mass is 296 g/mol. The van der Waals surface area contributed by atoms with Crippen LogP contribution in [-0.2, 0) is 17.6 Å². The maximum Gasteiger partial charge on any atom is 0.446 e. The molecular weight excluding hydrogens is 285 g/mol. The van der Waals surface area contributed by atoms with Crippen LogP contribution in [0.2, 0.25) is 0 Å². The predicted octanol–water partition coefficient (Wildman–Crippen LogP) is 4.21. The molecule has 0 fully saturated rings. The van der Waals surface area contributed by atoms with Crippen molar-refractivity contribution in [3.05, 3.63) is 29.3 Å². The highest BCUT2D eigenvalue weighted by Gasteiger charge is 2.30. The maximum absolute atomic E-state index is 12.4. The molecule has 1 nitrogen and oxygen atoms in total. The van der Waals surface area contributed by atoms with Crippen molar-refractivity contribution in [2.45, 2.75) is 30.2 Å². The molecule has 0 N–H and O–H groups in total. The van der Waals surface area contributed by atoms with Crippen LogP contribution in [0.1, 0.15) is 18.1 Å². The van der Waals surface area contributed by atoms with E-state index in [-0.39, 0.29) is 34.7 Å². The number of thioether (sulfide) groups is 1.